The van der Waals surface area contributed by atoms with Gasteiger partial charge in [0.2, 0.25) is 11.8 Å². The molecule has 0 unspecified atom stereocenters. The molecule has 1 aromatic carbocycles. The predicted octanol–water partition coefficient (Wildman–Crippen LogP) is 0.715. The second-order valence-electron chi connectivity index (χ2n) is 5.82. The van der Waals surface area contributed by atoms with Gasteiger partial charge in [-0.15, -0.1) is 0 Å². The van der Waals surface area contributed by atoms with E-state index in [1.165, 1.54) is 18.9 Å². The standard InChI is InChI=1S/C18H25N3O5/c1-4-9-19-16(23)11-21(3)17(24)12-26-18(25)10-14-5-7-15(8-6-14)20-13(2)22/h5-8H,4,9-12H2,1-3H3,(H,19,23)(H,20,22). The molecule has 3 amide bonds. The number of nitrogens with one attached hydrogen (secondary N) is 2. The Morgan fingerprint density at radius 2 is 1.77 bits per heavy atom. The highest BCUT2D eigenvalue weighted by Crippen LogP contribution is 2.10. The summed E-state index contributed by atoms with van der Waals surface area (Å²) in [4.78, 5) is 47.4. The van der Waals surface area contributed by atoms with Gasteiger partial charge in [0.15, 0.2) is 6.61 Å². The molecule has 0 aliphatic heterocycles. The Balaban J connectivity index is 2.37. The van der Waals surface area contributed by atoms with E-state index in [2.05, 4.69) is 10.6 Å². The molecule has 0 spiro atoms. The molecule has 0 aliphatic carbocycles. The molecule has 0 atom stereocenters. The van der Waals surface area contributed by atoms with E-state index < -0.39 is 18.5 Å². The summed E-state index contributed by atoms with van der Waals surface area (Å²) in [5.74, 6) is -1.43. The molecule has 1 aromatic rings. The van der Waals surface area contributed by atoms with E-state index in [9.17, 15) is 19.2 Å². The van der Waals surface area contributed by atoms with Crippen molar-refractivity contribution in [3.63, 3.8) is 0 Å². The van der Waals surface area contributed by atoms with Gasteiger partial charge in [0.1, 0.15) is 0 Å². The molecule has 0 heterocycles. The normalized spacial score (nSPS) is 9.96. The molecule has 0 aliphatic rings. The zero-order valence-corrected chi connectivity index (χ0v) is 15.3. The van der Waals surface area contributed by atoms with Crippen molar-refractivity contribution >= 4 is 29.4 Å². The molecule has 0 saturated carbocycles. The number of anilines is 1. The number of benzene rings is 1. The highest BCUT2D eigenvalue weighted by atomic mass is 16.5. The summed E-state index contributed by atoms with van der Waals surface area (Å²) in [6, 6.07) is 6.74. The highest BCUT2D eigenvalue weighted by molar-refractivity contribution is 5.89. The van der Waals surface area contributed by atoms with Crippen LogP contribution in [0.15, 0.2) is 24.3 Å². The third-order valence-corrected chi connectivity index (χ3v) is 3.36. The number of likely N-dealkylation sites (N-methyl/N-ethyl adjacent to an activating group) is 1. The zero-order chi connectivity index (χ0) is 19.5. The Morgan fingerprint density at radius 3 is 2.35 bits per heavy atom. The number of carbonyl (C=O) groups is 4. The number of esters is 1. The average molecular weight is 363 g/mol. The molecule has 1 rings (SSSR count). The number of ether oxygens (including phenoxy) is 1. The van der Waals surface area contributed by atoms with Crippen LogP contribution in [0.25, 0.3) is 0 Å². The largest absolute Gasteiger partial charge is 0.455 e. The van der Waals surface area contributed by atoms with E-state index in [0.29, 0.717) is 17.8 Å². The molecule has 0 aromatic heterocycles. The monoisotopic (exact) mass is 363 g/mol. The highest BCUT2D eigenvalue weighted by Gasteiger charge is 2.15. The molecule has 8 nitrogen and oxygen atoms in total. The van der Waals surface area contributed by atoms with Crippen molar-refractivity contribution in [1.29, 1.82) is 0 Å². The molecule has 0 fully saturated rings. The van der Waals surface area contributed by atoms with E-state index in [1.54, 1.807) is 24.3 Å². The van der Waals surface area contributed by atoms with Crippen molar-refractivity contribution in [3.8, 4) is 0 Å². The van der Waals surface area contributed by atoms with Gasteiger partial charge < -0.3 is 20.3 Å². The van der Waals surface area contributed by atoms with Gasteiger partial charge in [-0.2, -0.15) is 0 Å². The van der Waals surface area contributed by atoms with Crippen LogP contribution >= 0.6 is 0 Å². The SMILES string of the molecule is CCCNC(=O)CN(C)C(=O)COC(=O)Cc1ccc(NC(C)=O)cc1. The quantitative estimate of drug-likeness (QED) is 0.629. The minimum Gasteiger partial charge on any atom is -0.455 e. The molecule has 26 heavy (non-hydrogen) atoms. The minimum absolute atomic E-state index is 0.00827. The Hall–Kier alpha value is -2.90. The van der Waals surface area contributed by atoms with Gasteiger partial charge in [0, 0.05) is 26.2 Å². The van der Waals surface area contributed by atoms with Crippen LogP contribution in [0, 0.1) is 0 Å². The first kappa shape index (κ1) is 21.1. The molecule has 0 bridgehead atoms. The van der Waals surface area contributed by atoms with Crippen molar-refractivity contribution in [2.75, 3.05) is 32.1 Å². The first-order valence-corrected chi connectivity index (χ1v) is 8.34. The van der Waals surface area contributed by atoms with E-state index in [0.717, 1.165) is 6.42 Å². The summed E-state index contributed by atoms with van der Waals surface area (Å²) < 4.78 is 4.95. The number of hydrogen-bond acceptors (Lipinski definition) is 5. The number of carbonyl (C=O) groups excluding carboxylic acids is 4. The van der Waals surface area contributed by atoms with Crippen LogP contribution in [0.5, 0.6) is 0 Å². The summed E-state index contributed by atoms with van der Waals surface area (Å²) in [6.45, 7) is 3.40. The molecule has 142 valence electrons. The van der Waals surface area contributed by atoms with Crippen molar-refractivity contribution in [2.45, 2.75) is 26.7 Å². The lowest BCUT2D eigenvalue weighted by Crippen LogP contribution is -2.40. The van der Waals surface area contributed by atoms with Crippen LogP contribution in [-0.4, -0.2) is 55.3 Å². The smallest absolute Gasteiger partial charge is 0.310 e. The zero-order valence-electron chi connectivity index (χ0n) is 15.3. The molecular weight excluding hydrogens is 338 g/mol. The molecule has 0 saturated heterocycles. The lowest BCUT2D eigenvalue weighted by atomic mass is 10.1. The van der Waals surface area contributed by atoms with Crippen molar-refractivity contribution in [2.24, 2.45) is 0 Å². The summed E-state index contributed by atoms with van der Waals surface area (Å²) >= 11 is 0. The number of nitrogens with zero attached hydrogens (tertiary/aromatic N) is 1. The fourth-order valence-corrected chi connectivity index (χ4v) is 2.00. The lowest BCUT2D eigenvalue weighted by molar-refractivity contribution is -0.151. The summed E-state index contributed by atoms with van der Waals surface area (Å²) in [5.41, 5.74) is 1.33. The summed E-state index contributed by atoms with van der Waals surface area (Å²) in [6.07, 6.45) is 0.821. The minimum atomic E-state index is -0.547. The first-order valence-electron chi connectivity index (χ1n) is 8.34. The van der Waals surface area contributed by atoms with Crippen molar-refractivity contribution < 1.29 is 23.9 Å². The fraction of sp³-hybridized carbons (Fsp3) is 0.444. The van der Waals surface area contributed by atoms with Crippen molar-refractivity contribution in [1.82, 2.24) is 10.2 Å². The van der Waals surface area contributed by atoms with Gasteiger partial charge in [-0.1, -0.05) is 19.1 Å². The van der Waals surface area contributed by atoms with Crippen LogP contribution in [-0.2, 0) is 30.3 Å². The van der Waals surface area contributed by atoms with Gasteiger partial charge in [-0.05, 0) is 24.1 Å². The average Bonchev–Trinajstić information content (AvgIpc) is 2.59. The van der Waals surface area contributed by atoms with Crippen LogP contribution in [0.2, 0.25) is 0 Å². The van der Waals surface area contributed by atoms with Crippen LogP contribution in [0.4, 0.5) is 5.69 Å². The number of amides is 3. The van der Waals surface area contributed by atoms with Crippen molar-refractivity contribution in [3.05, 3.63) is 29.8 Å². The topological polar surface area (TPSA) is 105 Å². The van der Waals surface area contributed by atoms with Gasteiger partial charge in [-0.25, -0.2) is 0 Å². The maximum absolute atomic E-state index is 11.9. The molecule has 0 radical (unpaired) electrons. The number of rotatable bonds is 9. The third kappa shape index (κ3) is 8.27. The fourth-order valence-electron chi connectivity index (χ4n) is 2.00. The second-order valence-corrected chi connectivity index (χ2v) is 5.82. The van der Waals surface area contributed by atoms with E-state index in [1.807, 2.05) is 6.92 Å². The number of hydrogen-bond donors (Lipinski definition) is 2. The second kappa shape index (κ2) is 10.9. The Morgan fingerprint density at radius 1 is 1.12 bits per heavy atom. The molecular formula is C18H25N3O5. The van der Waals surface area contributed by atoms with Gasteiger partial charge in [0.25, 0.3) is 5.91 Å². The van der Waals surface area contributed by atoms with E-state index in [4.69, 9.17) is 4.74 Å². The maximum Gasteiger partial charge on any atom is 0.310 e. The molecule has 2 N–H and O–H groups in total. The van der Waals surface area contributed by atoms with Gasteiger partial charge in [-0.3, -0.25) is 19.2 Å². The van der Waals surface area contributed by atoms with Crippen LogP contribution in [0.1, 0.15) is 25.8 Å². The Kier molecular flexibility index (Phi) is 8.83. The molecule has 8 heteroatoms. The Labute approximate surface area is 152 Å². The lowest BCUT2D eigenvalue weighted by Gasteiger charge is -2.16. The predicted molar refractivity (Wildman–Crippen MR) is 96.3 cm³/mol. The third-order valence-electron chi connectivity index (χ3n) is 3.36. The van der Waals surface area contributed by atoms with Gasteiger partial charge in [0.05, 0.1) is 13.0 Å². The first-order chi connectivity index (χ1) is 12.3. The van der Waals surface area contributed by atoms with Crippen LogP contribution < -0.4 is 10.6 Å². The van der Waals surface area contributed by atoms with Gasteiger partial charge >= 0.3 is 5.97 Å². The van der Waals surface area contributed by atoms with E-state index in [-0.39, 0.29) is 24.8 Å². The summed E-state index contributed by atoms with van der Waals surface area (Å²) in [7, 11) is 1.47. The van der Waals surface area contributed by atoms with Crippen LogP contribution in [0.3, 0.4) is 0 Å². The van der Waals surface area contributed by atoms with E-state index >= 15 is 0 Å². The summed E-state index contributed by atoms with van der Waals surface area (Å²) in [5, 5.41) is 5.29. The Bertz CT molecular complexity index is 643. The maximum atomic E-state index is 11.9.